The van der Waals surface area contributed by atoms with Crippen LogP contribution in [0.5, 0.6) is 0 Å². The van der Waals surface area contributed by atoms with Crippen LogP contribution < -0.4 is 5.32 Å². The maximum atomic E-state index is 12.4. The Balaban J connectivity index is 1.67. The van der Waals surface area contributed by atoms with E-state index in [1.54, 1.807) is 0 Å². The van der Waals surface area contributed by atoms with Crippen molar-refractivity contribution in [2.45, 2.75) is 45.7 Å². The Labute approximate surface area is 142 Å². The SMILES string of the molecule is Cc1cc(C)n(Cc2ccc(C(=O)NC(C)(CO)C3CC3)cc2)n1. The first-order chi connectivity index (χ1) is 11.4. The molecular formula is C19H25N3O2. The maximum Gasteiger partial charge on any atom is 0.251 e. The fourth-order valence-corrected chi connectivity index (χ4v) is 3.09. The summed E-state index contributed by atoms with van der Waals surface area (Å²) in [6.45, 7) is 6.60. The lowest BCUT2D eigenvalue weighted by Crippen LogP contribution is -2.50. The summed E-state index contributed by atoms with van der Waals surface area (Å²) in [5.74, 6) is 0.257. The molecule has 128 valence electrons. The molecule has 1 saturated carbocycles. The summed E-state index contributed by atoms with van der Waals surface area (Å²) in [6.07, 6.45) is 2.14. The number of aliphatic hydroxyl groups excluding tert-OH is 1. The molecule has 5 nitrogen and oxygen atoms in total. The van der Waals surface area contributed by atoms with E-state index in [9.17, 15) is 9.90 Å². The fourth-order valence-electron chi connectivity index (χ4n) is 3.09. The van der Waals surface area contributed by atoms with Gasteiger partial charge in [0.25, 0.3) is 5.91 Å². The standard InChI is InChI=1S/C19H25N3O2/c1-13-10-14(2)22(21-13)11-15-4-6-16(7-5-15)18(24)20-19(3,12-23)17-8-9-17/h4-7,10,17,23H,8-9,11-12H2,1-3H3,(H,20,24). The summed E-state index contributed by atoms with van der Waals surface area (Å²) in [6, 6.07) is 9.63. The zero-order chi connectivity index (χ0) is 17.3. The van der Waals surface area contributed by atoms with Crippen LogP contribution in [0.2, 0.25) is 0 Å². The van der Waals surface area contributed by atoms with E-state index in [2.05, 4.69) is 16.5 Å². The average Bonchev–Trinajstić information content (AvgIpc) is 3.35. The average molecular weight is 327 g/mol. The number of aryl methyl sites for hydroxylation is 2. The number of nitrogens with zero attached hydrogens (tertiary/aromatic N) is 2. The molecule has 24 heavy (non-hydrogen) atoms. The molecule has 1 aliphatic rings. The van der Waals surface area contributed by atoms with E-state index < -0.39 is 5.54 Å². The lowest BCUT2D eigenvalue weighted by atomic mass is 9.96. The summed E-state index contributed by atoms with van der Waals surface area (Å²) in [5.41, 5.74) is 3.33. The van der Waals surface area contributed by atoms with E-state index >= 15 is 0 Å². The Bertz CT molecular complexity index is 732. The minimum absolute atomic E-state index is 0.0284. The molecule has 1 aliphatic carbocycles. The lowest BCUT2D eigenvalue weighted by molar-refractivity contribution is 0.0824. The first-order valence-corrected chi connectivity index (χ1v) is 8.44. The van der Waals surface area contributed by atoms with E-state index in [4.69, 9.17) is 0 Å². The van der Waals surface area contributed by atoms with Crippen LogP contribution in [-0.4, -0.2) is 32.9 Å². The van der Waals surface area contributed by atoms with Crippen molar-refractivity contribution in [3.05, 3.63) is 52.8 Å². The number of hydrogen-bond acceptors (Lipinski definition) is 3. The van der Waals surface area contributed by atoms with Gasteiger partial charge in [0, 0.05) is 11.3 Å². The van der Waals surface area contributed by atoms with Crippen LogP contribution in [0, 0.1) is 19.8 Å². The molecule has 1 unspecified atom stereocenters. The number of nitrogens with one attached hydrogen (secondary N) is 1. The lowest BCUT2D eigenvalue weighted by Gasteiger charge is -2.28. The third-order valence-electron chi connectivity index (χ3n) is 4.86. The number of aromatic nitrogens is 2. The van der Waals surface area contributed by atoms with Crippen molar-refractivity contribution in [2.75, 3.05) is 6.61 Å². The summed E-state index contributed by atoms with van der Waals surface area (Å²) >= 11 is 0. The normalized spacial score (nSPS) is 16.7. The Hall–Kier alpha value is -2.14. The van der Waals surface area contributed by atoms with Crippen molar-refractivity contribution in [1.29, 1.82) is 0 Å². The van der Waals surface area contributed by atoms with Crippen LogP contribution in [0.1, 0.15) is 47.1 Å². The zero-order valence-corrected chi connectivity index (χ0v) is 14.5. The molecule has 0 radical (unpaired) electrons. The van der Waals surface area contributed by atoms with Crippen molar-refractivity contribution < 1.29 is 9.90 Å². The molecule has 3 rings (SSSR count). The van der Waals surface area contributed by atoms with Gasteiger partial charge in [-0.1, -0.05) is 12.1 Å². The number of rotatable bonds is 6. The van der Waals surface area contributed by atoms with Gasteiger partial charge in [-0.05, 0) is 63.3 Å². The van der Waals surface area contributed by atoms with Gasteiger partial charge in [0.15, 0.2) is 0 Å². The van der Waals surface area contributed by atoms with Gasteiger partial charge in [-0.15, -0.1) is 0 Å². The van der Waals surface area contributed by atoms with E-state index in [0.717, 1.165) is 29.8 Å². The molecule has 0 saturated heterocycles. The quantitative estimate of drug-likeness (QED) is 0.856. The van der Waals surface area contributed by atoms with Crippen molar-refractivity contribution in [3.8, 4) is 0 Å². The van der Waals surface area contributed by atoms with Crippen LogP contribution in [-0.2, 0) is 6.54 Å². The highest BCUT2D eigenvalue weighted by molar-refractivity contribution is 5.94. The van der Waals surface area contributed by atoms with E-state index in [1.165, 1.54) is 0 Å². The molecule has 2 aromatic rings. The van der Waals surface area contributed by atoms with Gasteiger partial charge in [0.2, 0.25) is 0 Å². The van der Waals surface area contributed by atoms with Crippen molar-refractivity contribution in [2.24, 2.45) is 5.92 Å². The summed E-state index contributed by atoms with van der Waals surface area (Å²) in [7, 11) is 0. The predicted molar refractivity (Wildman–Crippen MR) is 92.9 cm³/mol. The molecular weight excluding hydrogens is 302 g/mol. The summed E-state index contributed by atoms with van der Waals surface area (Å²) in [5, 5.41) is 17.1. The van der Waals surface area contributed by atoms with E-state index in [1.807, 2.05) is 49.7 Å². The Morgan fingerprint density at radius 3 is 2.50 bits per heavy atom. The second-order valence-electron chi connectivity index (χ2n) is 7.09. The molecule has 1 heterocycles. The molecule has 1 aromatic carbocycles. The van der Waals surface area contributed by atoms with Gasteiger partial charge in [-0.25, -0.2) is 0 Å². The van der Waals surface area contributed by atoms with Crippen molar-refractivity contribution >= 4 is 5.91 Å². The minimum atomic E-state index is -0.514. The van der Waals surface area contributed by atoms with Crippen molar-refractivity contribution in [1.82, 2.24) is 15.1 Å². The summed E-state index contributed by atoms with van der Waals surface area (Å²) in [4.78, 5) is 12.4. The Morgan fingerprint density at radius 1 is 1.33 bits per heavy atom. The Kier molecular flexibility index (Phi) is 4.45. The largest absolute Gasteiger partial charge is 0.394 e. The summed E-state index contributed by atoms with van der Waals surface area (Å²) < 4.78 is 1.96. The number of aliphatic hydroxyl groups is 1. The third kappa shape index (κ3) is 3.51. The zero-order valence-electron chi connectivity index (χ0n) is 14.5. The van der Waals surface area contributed by atoms with E-state index in [0.29, 0.717) is 18.0 Å². The predicted octanol–water partition coefficient (Wildman–Crippen LogP) is 2.44. The Morgan fingerprint density at radius 2 is 2.00 bits per heavy atom. The topological polar surface area (TPSA) is 67.2 Å². The number of hydrogen-bond donors (Lipinski definition) is 2. The molecule has 2 N–H and O–H groups in total. The number of carbonyl (C=O) groups excluding carboxylic acids is 1. The first kappa shape index (κ1) is 16.7. The molecule has 5 heteroatoms. The highest BCUT2D eigenvalue weighted by atomic mass is 16.3. The van der Waals surface area contributed by atoms with Crippen LogP contribution in [0.4, 0.5) is 0 Å². The molecule has 1 atom stereocenters. The van der Waals surface area contributed by atoms with Crippen LogP contribution in [0.3, 0.4) is 0 Å². The third-order valence-corrected chi connectivity index (χ3v) is 4.86. The van der Waals surface area contributed by atoms with Gasteiger partial charge < -0.3 is 10.4 Å². The van der Waals surface area contributed by atoms with Gasteiger partial charge >= 0.3 is 0 Å². The van der Waals surface area contributed by atoms with Gasteiger partial charge in [0.1, 0.15) is 0 Å². The minimum Gasteiger partial charge on any atom is -0.394 e. The highest BCUT2D eigenvalue weighted by Gasteiger charge is 2.42. The molecule has 1 amide bonds. The van der Waals surface area contributed by atoms with E-state index in [-0.39, 0.29) is 12.5 Å². The van der Waals surface area contributed by atoms with Gasteiger partial charge in [-0.2, -0.15) is 5.10 Å². The molecule has 1 aromatic heterocycles. The molecule has 0 aliphatic heterocycles. The van der Waals surface area contributed by atoms with Crippen LogP contribution in [0.25, 0.3) is 0 Å². The fraction of sp³-hybridized carbons (Fsp3) is 0.474. The number of carbonyl (C=O) groups is 1. The number of benzene rings is 1. The second kappa shape index (κ2) is 6.40. The van der Waals surface area contributed by atoms with Gasteiger partial charge in [-0.3, -0.25) is 9.48 Å². The van der Waals surface area contributed by atoms with Crippen LogP contribution >= 0.6 is 0 Å². The first-order valence-electron chi connectivity index (χ1n) is 8.44. The smallest absolute Gasteiger partial charge is 0.251 e. The van der Waals surface area contributed by atoms with Gasteiger partial charge in [0.05, 0.1) is 24.4 Å². The number of amides is 1. The maximum absolute atomic E-state index is 12.4. The van der Waals surface area contributed by atoms with Crippen molar-refractivity contribution in [3.63, 3.8) is 0 Å². The highest BCUT2D eigenvalue weighted by Crippen LogP contribution is 2.39. The van der Waals surface area contributed by atoms with Crippen LogP contribution in [0.15, 0.2) is 30.3 Å². The second-order valence-corrected chi connectivity index (χ2v) is 7.09. The monoisotopic (exact) mass is 327 g/mol. The molecule has 0 spiro atoms. The molecule has 1 fully saturated rings. The molecule has 0 bridgehead atoms.